The first kappa shape index (κ1) is 21.0. The molecule has 0 heterocycles. The molecule has 0 aliphatic carbocycles. The number of amides is 2. The second kappa shape index (κ2) is 10.1. The fourth-order valence-electron chi connectivity index (χ4n) is 2.47. The number of carbonyl (C=O) groups excluding carboxylic acids is 3. The van der Waals surface area contributed by atoms with Crippen molar-refractivity contribution in [2.45, 2.75) is 19.5 Å². The van der Waals surface area contributed by atoms with Crippen molar-refractivity contribution in [2.75, 3.05) is 20.8 Å². The Balaban J connectivity index is 1.82. The van der Waals surface area contributed by atoms with Crippen molar-refractivity contribution in [3.63, 3.8) is 0 Å². The molecule has 0 saturated carbocycles. The monoisotopic (exact) mass is 384 g/mol. The van der Waals surface area contributed by atoms with Gasteiger partial charge in [0.25, 0.3) is 11.8 Å². The van der Waals surface area contributed by atoms with Gasteiger partial charge in [0.2, 0.25) is 0 Å². The van der Waals surface area contributed by atoms with E-state index < -0.39 is 18.6 Å². The summed E-state index contributed by atoms with van der Waals surface area (Å²) in [5, 5.41) is 2.55. The van der Waals surface area contributed by atoms with Gasteiger partial charge >= 0.3 is 5.97 Å². The molecular formula is C21H24N2O5. The van der Waals surface area contributed by atoms with Crippen LogP contribution in [0.5, 0.6) is 5.75 Å². The lowest BCUT2D eigenvalue weighted by atomic mass is 10.2. The van der Waals surface area contributed by atoms with Crippen LogP contribution in [0.1, 0.15) is 22.8 Å². The summed E-state index contributed by atoms with van der Waals surface area (Å²) in [6, 6.07) is 15.0. The first-order chi connectivity index (χ1) is 13.4. The average Bonchev–Trinajstić information content (AvgIpc) is 2.72. The third kappa shape index (κ3) is 5.84. The summed E-state index contributed by atoms with van der Waals surface area (Å²) < 4.78 is 10.3. The molecule has 0 aliphatic heterocycles. The SMILES string of the molecule is COc1ccccc1CN(C)C(=O)COC(=O)[C@H](C)NC(=O)c1ccccc1. The van der Waals surface area contributed by atoms with Gasteiger partial charge < -0.3 is 19.7 Å². The van der Waals surface area contributed by atoms with Crippen LogP contribution in [0.2, 0.25) is 0 Å². The van der Waals surface area contributed by atoms with Gasteiger partial charge in [-0.1, -0.05) is 36.4 Å². The number of likely N-dealkylation sites (N-methyl/N-ethyl adjacent to an activating group) is 1. The minimum absolute atomic E-state index is 0.320. The van der Waals surface area contributed by atoms with Gasteiger partial charge in [-0.25, -0.2) is 4.79 Å². The summed E-state index contributed by atoms with van der Waals surface area (Å²) in [5.41, 5.74) is 1.28. The average molecular weight is 384 g/mol. The fraction of sp³-hybridized carbons (Fsp3) is 0.286. The molecule has 2 amide bonds. The number of esters is 1. The molecule has 0 radical (unpaired) electrons. The topological polar surface area (TPSA) is 84.9 Å². The van der Waals surface area contributed by atoms with Crippen molar-refractivity contribution in [1.29, 1.82) is 0 Å². The van der Waals surface area contributed by atoms with Crippen molar-refractivity contribution in [1.82, 2.24) is 10.2 Å². The van der Waals surface area contributed by atoms with Crippen LogP contribution in [0.4, 0.5) is 0 Å². The Kier molecular flexibility index (Phi) is 7.56. The highest BCUT2D eigenvalue weighted by Crippen LogP contribution is 2.18. The number of nitrogens with zero attached hydrogens (tertiary/aromatic N) is 1. The minimum Gasteiger partial charge on any atom is -0.496 e. The normalized spacial score (nSPS) is 11.2. The van der Waals surface area contributed by atoms with Gasteiger partial charge in [-0.3, -0.25) is 9.59 Å². The van der Waals surface area contributed by atoms with Crippen LogP contribution in [0.3, 0.4) is 0 Å². The third-order valence-corrected chi connectivity index (χ3v) is 4.10. The van der Waals surface area contributed by atoms with E-state index in [9.17, 15) is 14.4 Å². The Labute approximate surface area is 164 Å². The molecule has 1 N–H and O–H groups in total. The van der Waals surface area contributed by atoms with Crippen molar-refractivity contribution in [3.05, 3.63) is 65.7 Å². The first-order valence-corrected chi connectivity index (χ1v) is 8.80. The summed E-state index contributed by atoms with van der Waals surface area (Å²) in [7, 11) is 3.18. The van der Waals surface area contributed by atoms with Crippen LogP contribution >= 0.6 is 0 Å². The van der Waals surface area contributed by atoms with E-state index in [1.54, 1.807) is 44.5 Å². The first-order valence-electron chi connectivity index (χ1n) is 8.80. The summed E-state index contributed by atoms with van der Waals surface area (Å²) in [6.07, 6.45) is 0. The number of rotatable bonds is 8. The molecule has 0 fully saturated rings. The molecular weight excluding hydrogens is 360 g/mol. The largest absolute Gasteiger partial charge is 0.496 e. The smallest absolute Gasteiger partial charge is 0.328 e. The number of ether oxygens (including phenoxy) is 2. The number of methoxy groups -OCH3 is 1. The van der Waals surface area contributed by atoms with E-state index >= 15 is 0 Å². The van der Waals surface area contributed by atoms with Gasteiger partial charge in [-0.05, 0) is 25.1 Å². The molecule has 28 heavy (non-hydrogen) atoms. The molecule has 0 aliphatic rings. The molecule has 0 spiro atoms. The summed E-state index contributed by atoms with van der Waals surface area (Å²) in [4.78, 5) is 37.8. The summed E-state index contributed by atoms with van der Waals surface area (Å²) in [6.45, 7) is 1.42. The highest BCUT2D eigenvalue weighted by molar-refractivity contribution is 5.96. The number of nitrogens with one attached hydrogen (secondary N) is 1. The third-order valence-electron chi connectivity index (χ3n) is 4.10. The maximum atomic E-state index is 12.2. The second-order valence-electron chi connectivity index (χ2n) is 6.23. The molecule has 148 valence electrons. The van der Waals surface area contributed by atoms with E-state index in [1.807, 2.05) is 24.3 Å². The van der Waals surface area contributed by atoms with Gasteiger partial charge in [0.15, 0.2) is 6.61 Å². The molecule has 1 atom stereocenters. The van der Waals surface area contributed by atoms with E-state index in [2.05, 4.69) is 5.32 Å². The van der Waals surface area contributed by atoms with Crippen molar-refractivity contribution in [2.24, 2.45) is 0 Å². The van der Waals surface area contributed by atoms with Crippen LogP contribution in [-0.2, 0) is 20.9 Å². The molecule has 2 aromatic carbocycles. The van der Waals surface area contributed by atoms with Gasteiger partial charge in [0.1, 0.15) is 11.8 Å². The fourth-order valence-corrected chi connectivity index (χ4v) is 2.47. The van der Waals surface area contributed by atoms with E-state index in [-0.39, 0.29) is 11.8 Å². The lowest BCUT2D eigenvalue weighted by Gasteiger charge is -2.19. The molecule has 7 heteroatoms. The highest BCUT2D eigenvalue weighted by atomic mass is 16.5. The van der Waals surface area contributed by atoms with Crippen molar-refractivity contribution >= 4 is 17.8 Å². The number of carbonyl (C=O) groups is 3. The minimum atomic E-state index is -0.875. The van der Waals surface area contributed by atoms with Gasteiger partial charge in [-0.15, -0.1) is 0 Å². The molecule has 7 nitrogen and oxygen atoms in total. The Hall–Kier alpha value is -3.35. The zero-order chi connectivity index (χ0) is 20.5. The predicted octanol–water partition coefficient (Wildman–Crippen LogP) is 2.02. The Morgan fingerprint density at radius 2 is 1.68 bits per heavy atom. The summed E-state index contributed by atoms with van der Waals surface area (Å²) >= 11 is 0. The van der Waals surface area contributed by atoms with Gasteiger partial charge in [0, 0.05) is 24.7 Å². The Bertz CT molecular complexity index is 823. The quantitative estimate of drug-likeness (QED) is 0.704. The van der Waals surface area contributed by atoms with Crippen molar-refractivity contribution < 1.29 is 23.9 Å². The maximum Gasteiger partial charge on any atom is 0.328 e. The zero-order valence-corrected chi connectivity index (χ0v) is 16.2. The molecule has 0 saturated heterocycles. The number of para-hydroxylation sites is 1. The molecule has 2 aromatic rings. The molecule has 0 aromatic heterocycles. The lowest BCUT2D eigenvalue weighted by molar-refractivity contribution is -0.153. The predicted molar refractivity (Wildman–Crippen MR) is 104 cm³/mol. The zero-order valence-electron chi connectivity index (χ0n) is 16.2. The molecule has 0 unspecified atom stereocenters. The van der Waals surface area contributed by atoms with Crippen LogP contribution < -0.4 is 10.1 Å². The van der Waals surface area contributed by atoms with E-state index in [0.717, 1.165) is 5.56 Å². The highest BCUT2D eigenvalue weighted by Gasteiger charge is 2.20. The molecule has 0 bridgehead atoms. The number of hydrogen-bond acceptors (Lipinski definition) is 5. The van der Waals surface area contributed by atoms with Crippen LogP contribution in [0.25, 0.3) is 0 Å². The van der Waals surface area contributed by atoms with Gasteiger partial charge in [-0.2, -0.15) is 0 Å². The Morgan fingerprint density at radius 1 is 1.04 bits per heavy atom. The number of hydrogen-bond donors (Lipinski definition) is 1. The second-order valence-corrected chi connectivity index (χ2v) is 6.23. The molecule has 2 rings (SSSR count). The number of benzene rings is 2. The van der Waals surface area contributed by atoms with E-state index in [0.29, 0.717) is 17.9 Å². The van der Waals surface area contributed by atoms with Gasteiger partial charge in [0.05, 0.1) is 7.11 Å². The van der Waals surface area contributed by atoms with Crippen LogP contribution in [0, 0.1) is 0 Å². The standard InChI is InChI=1S/C21H24N2O5/c1-15(22-20(25)16-9-5-4-6-10-16)21(26)28-14-19(24)23(2)13-17-11-7-8-12-18(17)27-3/h4-12,15H,13-14H2,1-3H3,(H,22,25)/t15-/m0/s1. The van der Waals surface area contributed by atoms with Crippen molar-refractivity contribution in [3.8, 4) is 5.75 Å². The van der Waals surface area contributed by atoms with Crippen LogP contribution in [0.15, 0.2) is 54.6 Å². The Morgan fingerprint density at radius 3 is 2.36 bits per heavy atom. The lowest BCUT2D eigenvalue weighted by Crippen LogP contribution is -2.41. The van der Waals surface area contributed by atoms with Crippen LogP contribution in [-0.4, -0.2) is 49.5 Å². The van der Waals surface area contributed by atoms with E-state index in [4.69, 9.17) is 9.47 Å². The summed E-state index contributed by atoms with van der Waals surface area (Å²) in [5.74, 6) is -0.745. The maximum absolute atomic E-state index is 12.2. The van der Waals surface area contributed by atoms with E-state index in [1.165, 1.54) is 11.8 Å².